The first-order valence-corrected chi connectivity index (χ1v) is 4.13. The average molecular weight is 165 g/mol. The lowest BCUT2D eigenvalue weighted by molar-refractivity contribution is 0.965. The van der Waals surface area contributed by atoms with Crippen molar-refractivity contribution in [3.63, 3.8) is 0 Å². The van der Waals surface area contributed by atoms with Crippen LogP contribution in [0.5, 0.6) is 0 Å². The maximum Gasteiger partial charge on any atom is 0.127 e. The molecule has 0 unspecified atom stereocenters. The van der Waals surface area contributed by atoms with E-state index in [-0.39, 0.29) is 0 Å². The largest absolute Gasteiger partial charge is 0.375 e. The van der Waals surface area contributed by atoms with Crippen LogP contribution >= 0.6 is 0 Å². The molecule has 0 aromatic carbocycles. The highest BCUT2D eigenvalue weighted by atomic mass is 15.1. The predicted octanol–water partition coefficient (Wildman–Crippen LogP) is 1.58. The molecule has 0 amide bonds. The molecule has 0 fully saturated rings. The lowest BCUT2D eigenvalue weighted by atomic mass is 10.3. The van der Waals surface area contributed by atoms with Crippen LogP contribution in [0.3, 0.4) is 0 Å². The summed E-state index contributed by atoms with van der Waals surface area (Å²) < 4.78 is 0. The predicted molar refractivity (Wildman–Crippen MR) is 52.7 cm³/mol. The Bertz CT molecular complexity index is 247. The summed E-state index contributed by atoms with van der Waals surface area (Å²) in [6.45, 7) is 3.13. The summed E-state index contributed by atoms with van der Waals surface area (Å²) in [4.78, 5) is 6.31. The number of nitrogens with zero attached hydrogens (tertiary/aromatic N) is 2. The molecule has 1 rings (SSSR count). The molecule has 0 radical (unpaired) electrons. The molecule has 66 valence electrons. The molecule has 3 nitrogen and oxygen atoms in total. The first-order valence-electron chi connectivity index (χ1n) is 4.13. The van der Waals surface area contributed by atoms with Crippen LogP contribution in [0.15, 0.2) is 18.3 Å². The molecule has 0 saturated carbocycles. The fraction of sp³-hybridized carbons (Fsp3) is 0.444. The minimum Gasteiger partial charge on any atom is -0.375 e. The molecule has 0 aliphatic heterocycles. The Morgan fingerprint density at radius 1 is 1.58 bits per heavy atom. The summed E-state index contributed by atoms with van der Waals surface area (Å²) in [5, 5.41) is 3.01. The Balaban J connectivity index is 2.86. The van der Waals surface area contributed by atoms with Gasteiger partial charge in [0.25, 0.3) is 0 Å². The van der Waals surface area contributed by atoms with Crippen molar-refractivity contribution in [2.75, 3.05) is 30.9 Å². The van der Waals surface area contributed by atoms with E-state index in [1.807, 2.05) is 25.4 Å². The molecule has 3 heteroatoms. The number of aromatic nitrogens is 1. The Kier molecular flexibility index (Phi) is 2.91. The number of hydrogen-bond acceptors (Lipinski definition) is 3. The summed E-state index contributed by atoms with van der Waals surface area (Å²) in [7, 11) is 3.94. The van der Waals surface area contributed by atoms with Crippen molar-refractivity contribution in [3.8, 4) is 0 Å². The Morgan fingerprint density at radius 2 is 2.33 bits per heavy atom. The second-order valence-electron chi connectivity index (χ2n) is 2.66. The van der Waals surface area contributed by atoms with Gasteiger partial charge >= 0.3 is 0 Å². The number of hydrogen-bond donors (Lipinski definition) is 1. The minimum atomic E-state index is 0.910. The summed E-state index contributed by atoms with van der Waals surface area (Å²) in [6, 6.07) is 4.04. The fourth-order valence-electron chi connectivity index (χ4n) is 0.976. The van der Waals surface area contributed by atoms with Gasteiger partial charge in [-0.05, 0) is 13.0 Å². The van der Waals surface area contributed by atoms with Crippen molar-refractivity contribution < 1.29 is 0 Å². The Hall–Kier alpha value is -1.25. The molecule has 1 aromatic heterocycles. The third-order valence-corrected chi connectivity index (χ3v) is 1.91. The van der Waals surface area contributed by atoms with Crippen molar-refractivity contribution in [1.82, 2.24) is 4.98 Å². The van der Waals surface area contributed by atoms with Gasteiger partial charge in [-0.25, -0.2) is 4.98 Å². The fourth-order valence-corrected chi connectivity index (χ4v) is 0.976. The van der Waals surface area contributed by atoms with Gasteiger partial charge in [0.15, 0.2) is 0 Å². The van der Waals surface area contributed by atoms with Gasteiger partial charge in [0.2, 0.25) is 0 Å². The summed E-state index contributed by atoms with van der Waals surface area (Å²) in [6.07, 6.45) is 1.81. The van der Waals surface area contributed by atoms with E-state index < -0.39 is 0 Å². The van der Waals surface area contributed by atoms with Crippen molar-refractivity contribution in [2.24, 2.45) is 0 Å². The molecule has 1 aromatic rings. The van der Waals surface area contributed by atoms with Gasteiger partial charge in [-0.1, -0.05) is 0 Å². The van der Waals surface area contributed by atoms with Crippen molar-refractivity contribution in [3.05, 3.63) is 18.3 Å². The molecular weight excluding hydrogens is 150 g/mol. The topological polar surface area (TPSA) is 28.2 Å². The van der Waals surface area contributed by atoms with E-state index in [1.165, 1.54) is 5.69 Å². The van der Waals surface area contributed by atoms with Crippen LogP contribution in [0.1, 0.15) is 6.92 Å². The van der Waals surface area contributed by atoms with Gasteiger partial charge in [0, 0.05) is 38.6 Å². The molecule has 1 N–H and O–H groups in total. The van der Waals surface area contributed by atoms with E-state index in [0.717, 1.165) is 12.4 Å². The summed E-state index contributed by atoms with van der Waals surface area (Å²) >= 11 is 0. The van der Waals surface area contributed by atoms with Gasteiger partial charge in [-0.3, -0.25) is 0 Å². The highest BCUT2D eigenvalue weighted by Crippen LogP contribution is 2.14. The second kappa shape index (κ2) is 3.95. The minimum absolute atomic E-state index is 0.910. The first-order chi connectivity index (χ1) is 5.77. The van der Waals surface area contributed by atoms with Gasteiger partial charge in [0.1, 0.15) is 5.82 Å². The zero-order valence-electron chi connectivity index (χ0n) is 7.83. The van der Waals surface area contributed by atoms with Crippen molar-refractivity contribution in [2.45, 2.75) is 6.92 Å². The molecule has 12 heavy (non-hydrogen) atoms. The van der Waals surface area contributed by atoms with E-state index >= 15 is 0 Å². The Labute approximate surface area is 73.4 Å². The number of pyridine rings is 1. The van der Waals surface area contributed by atoms with Gasteiger partial charge < -0.3 is 10.2 Å². The van der Waals surface area contributed by atoms with E-state index in [0.29, 0.717) is 0 Å². The van der Waals surface area contributed by atoms with Crippen LogP contribution in [0.4, 0.5) is 11.5 Å². The molecule has 0 saturated heterocycles. The molecule has 0 bridgehead atoms. The Morgan fingerprint density at radius 3 is 2.92 bits per heavy atom. The average Bonchev–Trinajstić information content (AvgIpc) is 2.17. The zero-order chi connectivity index (χ0) is 8.97. The molecular formula is C9H15N3. The lowest BCUT2D eigenvalue weighted by Crippen LogP contribution is -2.15. The van der Waals surface area contributed by atoms with Gasteiger partial charge in [0.05, 0.1) is 0 Å². The first kappa shape index (κ1) is 8.84. The van der Waals surface area contributed by atoms with Crippen LogP contribution in [0, 0.1) is 0 Å². The maximum absolute atomic E-state index is 4.14. The van der Waals surface area contributed by atoms with Crippen molar-refractivity contribution in [1.29, 1.82) is 0 Å². The highest BCUT2D eigenvalue weighted by molar-refractivity contribution is 5.52. The molecule has 0 atom stereocenters. The maximum atomic E-state index is 4.14. The van der Waals surface area contributed by atoms with Crippen LogP contribution in [0.2, 0.25) is 0 Å². The molecule has 1 heterocycles. The van der Waals surface area contributed by atoms with Crippen molar-refractivity contribution >= 4 is 11.5 Å². The normalized spacial score (nSPS) is 9.58. The van der Waals surface area contributed by atoms with Gasteiger partial charge in [-0.2, -0.15) is 0 Å². The van der Waals surface area contributed by atoms with E-state index in [1.54, 1.807) is 0 Å². The number of anilines is 2. The quantitative estimate of drug-likeness (QED) is 0.737. The van der Waals surface area contributed by atoms with Crippen LogP contribution in [-0.2, 0) is 0 Å². The van der Waals surface area contributed by atoms with E-state index in [2.05, 4.69) is 29.2 Å². The molecule has 0 aliphatic rings. The van der Waals surface area contributed by atoms with Gasteiger partial charge in [-0.15, -0.1) is 0 Å². The zero-order valence-corrected chi connectivity index (χ0v) is 7.83. The standard InChI is InChI=1S/C9H15N3/c1-4-12(3)8-5-6-11-9(7-8)10-2/h5-7H,4H2,1-3H3,(H,10,11). The smallest absolute Gasteiger partial charge is 0.127 e. The number of nitrogens with one attached hydrogen (secondary N) is 1. The summed E-state index contributed by atoms with van der Waals surface area (Å²) in [5.74, 6) is 0.910. The van der Waals surface area contributed by atoms with Crippen LogP contribution in [-0.4, -0.2) is 25.6 Å². The van der Waals surface area contributed by atoms with E-state index in [4.69, 9.17) is 0 Å². The van der Waals surface area contributed by atoms with Crippen LogP contribution in [0.25, 0.3) is 0 Å². The lowest BCUT2D eigenvalue weighted by Gasteiger charge is -2.16. The molecule has 0 spiro atoms. The third-order valence-electron chi connectivity index (χ3n) is 1.91. The number of rotatable bonds is 3. The molecule has 0 aliphatic carbocycles. The SMILES string of the molecule is CCN(C)c1ccnc(NC)c1. The summed E-state index contributed by atoms with van der Waals surface area (Å²) in [5.41, 5.74) is 1.19. The third kappa shape index (κ3) is 1.87. The monoisotopic (exact) mass is 165 g/mol. The second-order valence-corrected chi connectivity index (χ2v) is 2.66. The van der Waals surface area contributed by atoms with Crippen LogP contribution < -0.4 is 10.2 Å². The van der Waals surface area contributed by atoms with E-state index in [9.17, 15) is 0 Å². The highest BCUT2D eigenvalue weighted by Gasteiger charge is 1.98.